The Bertz CT molecular complexity index is 1340. The summed E-state index contributed by atoms with van der Waals surface area (Å²) in [6, 6.07) is 12.2. The van der Waals surface area contributed by atoms with E-state index in [1.54, 1.807) is 57.6 Å². The number of amides is 1. The largest absolute Gasteiger partial charge is 0.495 e. The topological polar surface area (TPSA) is 108 Å². The smallest absolute Gasteiger partial charge is 0.253 e. The highest BCUT2D eigenvalue weighted by molar-refractivity contribution is 5.97. The summed E-state index contributed by atoms with van der Waals surface area (Å²) in [7, 11) is 4.90. The fourth-order valence-electron chi connectivity index (χ4n) is 4.09. The van der Waals surface area contributed by atoms with Gasteiger partial charge in [0.2, 0.25) is 5.88 Å². The number of nitrogens with one attached hydrogen (secondary N) is 1. The van der Waals surface area contributed by atoms with E-state index in [1.807, 2.05) is 4.90 Å². The standard InChI is InChI=1S/C26H28N4O5/c1-29(2)25(32)18-5-7-22-20(15-18)24(31)19(26(35-22)30-10-12-34-13-11-30)8-9-28-21-14-17(16-27)4-6-23(21)33-3/h4-7,14-15,28H,8-13H2,1-3H3. The van der Waals surface area contributed by atoms with Gasteiger partial charge in [-0.25, -0.2) is 0 Å². The molecule has 1 fully saturated rings. The molecule has 0 bridgehead atoms. The Kier molecular flexibility index (Phi) is 7.22. The van der Waals surface area contributed by atoms with Gasteiger partial charge in [0, 0.05) is 39.3 Å². The van der Waals surface area contributed by atoms with Crippen LogP contribution >= 0.6 is 0 Å². The van der Waals surface area contributed by atoms with E-state index in [9.17, 15) is 14.9 Å². The Morgan fingerprint density at radius 2 is 1.97 bits per heavy atom. The first-order valence-corrected chi connectivity index (χ1v) is 11.4. The van der Waals surface area contributed by atoms with Crippen molar-refractivity contribution in [2.75, 3.05) is 64.3 Å². The lowest BCUT2D eigenvalue weighted by Gasteiger charge is -2.29. The van der Waals surface area contributed by atoms with Gasteiger partial charge in [-0.05, 0) is 42.8 Å². The second kappa shape index (κ2) is 10.5. The van der Waals surface area contributed by atoms with Crippen LogP contribution in [0.2, 0.25) is 0 Å². The van der Waals surface area contributed by atoms with E-state index in [4.69, 9.17) is 13.9 Å². The van der Waals surface area contributed by atoms with Gasteiger partial charge in [-0.3, -0.25) is 9.59 Å². The second-order valence-electron chi connectivity index (χ2n) is 8.43. The summed E-state index contributed by atoms with van der Waals surface area (Å²) < 4.78 is 17.1. The third-order valence-electron chi connectivity index (χ3n) is 5.93. The summed E-state index contributed by atoms with van der Waals surface area (Å²) in [4.78, 5) is 29.6. The number of fused-ring (bicyclic) bond motifs is 1. The van der Waals surface area contributed by atoms with Crippen molar-refractivity contribution in [3.63, 3.8) is 0 Å². The number of hydrogen-bond acceptors (Lipinski definition) is 8. The molecule has 1 saturated heterocycles. The van der Waals surface area contributed by atoms with E-state index in [0.717, 1.165) is 0 Å². The zero-order chi connectivity index (χ0) is 24.9. The molecule has 0 atom stereocenters. The maximum Gasteiger partial charge on any atom is 0.253 e. The molecule has 1 aliphatic rings. The van der Waals surface area contributed by atoms with Crippen molar-refractivity contribution in [3.8, 4) is 11.8 Å². The number of ether oxygens (including phenoxy) is 2. The maximum absolute atomic E-state index is 13.7. The van der Waals surface area contributed by atoms with Crippen LogP contribution in [-0.2, 0) is 11.2 Å². The fourth-order valence-corrected chi connectivity index (χ4v) is 4.09. The number of methoxy groups -OCH3 is 1. The minimum atomic E-state index is -0.184. The van der Waals surface area contributed by atoms with E-state index < -0.39 is 0 Å². The lowest BCUT2D eigenvalue weighted by Crippen LogP contribution is -2.38. The third-order valence-corrected chi connectivity index (χ3v) is 5.93. The van der Waals surface area contributed by atoms with Crippen molar-refractivity contribution in [1.82, 2.24) is 4.90 Å². The quantitative estimate of drug-likeness (QED) is 0.555. The molecule has 1 aliphatic heterocycles. The van der Waals surface area contributed by atoms with E-state index >= 15 is 0 Å². The van der Waals surface area contributed by atoms with Gasteiger partial charge < -0.3 is 29.0 Å². The third kappa shape index (κ3) is 5.08. The molecule has 35 heavy (non-hydrogen) atoms. The van der Waals surface area contributed by atoms with Crippen LogP contribution in [0, 0.1) is 11.3 Å². The van der Waals surface area contributed by atoms with Gasteiger partial charge in [0.25, 0.3) is 5.91 Å². The molecular formula is C26H28N4O5. The summed E-state index contributed by atoms with van der Waals surface area (Å²) in [5.74, 6) is 0.947. The van der Waals surface area contributed by atoms with Crippen molar-refractivity contribution in [1.29, 1.82) is 5.26 Å². The van der Waals surface area contributed by atoms with Gasteiger partial charge in [-0.2, -0.15) is 5.26 Å². The molecule has 0 aliphatic carbocycles. The average Bonchev–Trinajstić information content (AvgIpc) is 2.89. The molecule has 1 amide bonds. The molecule has 3 aromatic rings. The first kappa shape index (κ1) is 24.1. The Hall–Kier alpha value is -4.03. The van der Waals surface area contributed by atoms with E-state index in [0.29, 0.717) is 84.2 Å². The first-order chi connectivity index (χ1) is 16.9. The van der Waals surface area contributed by atoms with Gasteiger partial charge in [0.1, 0.15) is 11.3 Å². The van der Waals surface area contributed by atoms with Gasteiger partial charge in [-0.1, -0.05) is 0 Å². The number of anilines is 2. The number of morpholine rings is 1. The first-order valence-electron chi connectivity index (χ1n) is 11.4. The maximum atomic E-state index is 13.7. The zero-order valence-corrected chi connectivity index (χ0v) is 20.1. The average molecular weight is 477 g/mol. The number of carbonyl (C=O) groups excluding carboxylic acids is 1. The lowest BCUT2D eigenvalue weighted by atomic mass is 10.1. The van der Waals surface area contributed by atoms with Gasteiger partial charge >= 0.3 is 0 Å². The van der Waals surface area contributed by atoms with Crippen molar-refractivity contribution in [3.05, 3.63) is 63.3 Å². The molecule has 2 aromatic carbocycles. The Balaban J connectivity index is 1.71. The van der Waals surface area contributed by atoms with Crippen LogP contribution in [0.5, 0.6) is 5.75 Å². The number of nitriles is 1. The molecule has 9 heteroatoms. The van der Waals surface area contributed by atoms with Crippen molar-refractivity contribution in [2.24, 2.45) is 0 Å². The van der Waals surface area contributed by atoms with Crippen LogP contribution in [0.25, 0.3) is 11.0 Å². The number of hydrogen-bond donors (Lipinski definition) is 1. The summed E-state index contributed by atoms with van der Waals surface area (Å²) in [6.45, 7) is 2.74. The molecule has 0 radical (unpaired) electrons. The molecule has 0 unspecified atom stereocenters. The highest BCUT2D eigenvalue weighted by Crippen LogP contribution is 2.28. The van der Waals surface area contributed by atoms with Gasteiger partial charge in [0.15, 0.2) is 5.43 Å². The van der Waals surface area contributed by atoms with E-state index in [2.05, 4.69) is 11.4 Å². The van der Waals surface area contributed by atoms with Crippen LogP contribution in [-0.4, -0.2) is 64.9 Å². The number of carbonyl (C=O) groups is 1. The monoisotopic (exact) mass is 476 g/mol. The Labute approximate surface area is 203 Å². The summed E-state index contributed by atoms with van der Waals surface area (Å²) >= 11 is 0. The fraction of sp³-hybridized carbons (Fsp3) is 0.346. The molecule has 1 aromatic heterocycles. The van der Waals surface area contributed by atoms with Crippen molar-refractivity contribution in [2.45, 2.75) is 6.42 Å². The molecule has 0 spiro atoms. The zero-order valence-electron chi connectivity index (χ0n) is 20.1. The summed E-state index contributed by atoms with van der Waals surface area (Å²) in [6.07, 6.45) is 0.372. The van der Waals surface area contributed by atoms with Crippen LogP contribution in [0.3, 0.4) is 0 Å². The lowest BCUT2D eigenvalue weighted by molar-refractivity contribution is 0.0827. The van der Waals surface area contributed by atoms with E-state index in [-0.39, 0.29) is 11.3 Å². The predicted molar refractivity (Wildman–Crippen MR) is 133 cm³/mol. The highest BCUT2D eigenvalue weighted by Gasteiger charge is 2.22. The van der Waals surface area contributed by atoms with Crippen LogP contribution in [0.1, 0.15) is 21.5 Å². The molecule has 4 rings (SSSR count). The van der Waals surface area contributed by atoms with Crippen LogP contribution in [0.4, 0.5) is 11.6 Å². The minimum Gasteiger partial charge on any atom is -0.495 e. The molecule has 2 heterocycles. The minimum absolute atomic E-state index is 0.166. The normalized spacial score (nSPS) is 13.4. The molecule has 1 N–H and O–H groups in total. The number of benzene rings is 2. The highest BCUT2D eigenvalue weighted by atomic mass is 16.5. The Morgan fingerprint density at radius 1 is 1.20 bits per heavy atom. The van der Waals surface area contributed by atoms with Crippen molar-refractivity contribution < 1.29 is 18.7 Å². The van der Waals surface area contributed by atoms with E-state index in [1.165, 1.54) is 4.90 Å². The van der Waals surface area contributed by atoms with Gasteiger partial charge in [-0.15, -0.1) is 0 Å². The Morgan fingerprint density at radius 3 is 2.66 bits per heavy atom. The summed E-state index contributed by atoms with van der Waals surface area (Å²) in [5.41, 5.74) is 2.40. The van der Waals surface area contributed by atoms with Crippen LogP contribution in [0.15, 0.2) is 45.6 Å². The SMILES string of the molecule is COc1ccc(C#N)cc1NCCc1c(N2CCOCC2)oc2ccc(C(=O)N(C)C)cc2c1=O. The second-order valence-corrected chi connectivity index (χ2v) is 8.43. The predicted octanol–water partition coefficient (Wildman–Crippen LogP) is 2.87. The molecule has 182 valence electrons. The molecule has 9 nitrogen and oxygen atoms in total. The number of rotatable bonds is 7. The summed E-state index contributed by atoms with van der Waals surface area (Å²) in [5, 5.41) is 12.9. The van der Waals surface area contributed by atoms with Crippen molar-refractivity contribution >= 4 is 28.4 Å². The molecular weight excluding hydrogens is 448 g/mol. The number of nitrogens with zero attached hydrogens (tertiary/aromatic N) is 3. The van der Waals surface area contributed by atoms with Gasteiger partial charge in [0.05, 0.1) is 48.6 Å². The molecule has 0 saturated carbocycles. The van der Waals surface area contributed by atoms with Crippen LogP contribution < -0.4 is 20.4 Å².